The molecule has 0 aliphatic heterocycles. The molecule has 1 heterocycles. The molecule has 0 saturated heterocycles. The molecule has 7 nitrogen and oxygen atoms in total. The largest absolute Gasteiger partial charge is 0.465 e. The predicted octanol–water partition coefficient (Wildman–Crippen LogP) is 5.25. The van der Waals surface area contributed by atoms with Crippen LogP contribution in [0.5, 0.6) is 0 Å². The fraction of sp³-hybridized carbons (Fsp3) is 0.750. The normalized spacial score (nSPS) is 23.8. The SMILES string of the molecule is CCC(=O)N(c1cc(C2CCC(C)(C)CC2)sc1C(=O)OC)C1CCC(OS(C)(=O)=O)CC1. The Morgan fingerprint density at radius 2 is 1.73 bits per heavy atom. The lowest BCUT2D eigenvalue weighted by molar-refractivity contribution is -0.119. The van der Waals surface area contributed by atoms with Crippen LogP contribution in [0.15, 0.2) is 6.07 Å². The minimum absolute atomic E-state index is 0.0400. The van der Waals surface area contributed by atoms with Crippen molar-refractivity contribution in [2.24, 2.45) is 5.41 Å². The third-order valence-corrected chi connectivity index (χ3v) is 8.88. The number of nitrogens with zero attached hydrogens (tertiary/aromatic N) is 1. The van der Waals surface area contributed by atoms with Gasteiger partial charge >= 0.3 is 5.97 Å². The summed E-state index contributed by atoms with van der Waals surface area (Å²) in [5.74, 6) is -0.0696. The van der Waals surface area contributed by atoms with E-state index in [1.54, 1.807) is 4.90 Å². The van der Waals surface area contributed by atoms with Gasteiger partial charge in [-0.05, 0) is 68.8 Å². The first-order valence-corrected chi connectivity index (χ1v) is 14.5. The third kappa shape index (κ3) is 6.57. The van der Waals surface area contributed by atoms with E-state index in [0.717, 1.165) is 36.8 Å². The number of ether oxygens (including phenoxy) is 1. The van der Waals surface area contributed by atoms with Crippen LogP contribution in [-0.2, 0) is 23.8 Å². The summed E-state index contributed by atoms with van der Waals surface area (Å²) in [5.41, 5.74) is 0.990. The number of thiophene rings is 1. The molecule has 33 heavy (non-hydrogen) atoms. The van der Waals surface area contributed by atoms with Gasteiger partial charge in [-0.2, -0.15) is 8.42 Å². The highest BCUT2D eigenvalue weighted by molar-refractivity contribution is 7.86. The van der Waals surface area contributed by atoms with Gasteiger partial charge in [0.25, 0.3) is 10.1 Å². The lowest BCUT2D eigenvalue weighted by Gasteiger charge is -2.36. The summed E-state index contributed by atoms with van der Waals surface area (Å²) in [4.78, 5) is 29.2. The van der Waals surface area contributed by atoms with Gasteiger partial charge in [0.2, 0.25) is 5.91 Å². The van der Waals surface area contributed by atoms with Crippen LogP contribution in [0.1, 0.15) is 99.0 Å². The molecule has 2 saturated carbocycles. The second kappa shape index (κ2) is 10.4. The first-order valence-electron chi connectivity index (χ1n) is 11.9. The number of anilines is 1. The first kappa shape index (κ1) is 26.2. The van der Waals surface area contributed by atoms with Crippen LogP contribution in [-0.4, -0.2) is 45.8 Å². The van der Waals surface area contributed by atoms with Gasteiger partial charge in [-0.15, -0.1) is 11.3 Å². The molecule has 1 aromatic heterocycles. The van der Waals surface area contributed by atoms with Gasteiger partial charge in [-0.1, -0.05) is 20.8 Å². The average molecular weight is 500 g/mol. The van der Waals surface area contributed by atoms with Gasteiger partial charge in [0.05, 0.1) is 25.2 Å². The molecule has 186 valence electrons. The van der Waals surface area contributed by atoms with Crippen LogP contribution < -0.4 is 4.90 Å². The van der Waals surface area contributed by atoms with Crippen LogP contribution in [0.2, 0.25) is 0 Å². The Balaban J connectivity index is 1.88. The minimum Gasteiger partial charge on any atom is -0.465 e. The maximum absolute atomic E-state index is 13.1. The van der Waals surface area contributed by atoms with Crippen molar-refractivity contribution in [3.05, 3.63) is 15.8 Å². The number of carbonyl (C=O) groups is 2. The molecule has 1 amide bonds. The molecular weight excluding hydrogens is 462 g/mol. The number of rotatable bonds is 7. The molecule has 2 fully saturated rings. The number of hydrogen-bond donors (Lipinski definition) is 0. The third-order valence-electron chi connectivity index (χ3n) is 6.99. The van der Waals surface area contributed by atoms with Gasteiger partial charge in [0, 0.05) is 17.3 Å². The molecule has 2 aliphatic rings. The summed E-state index contributed by atoms with van der Waals surface area (Å²) in [6, 6.07) is 1.93. The second-order valence-electron chi connectivity index (χ2n) is 10.1. The summed E-state index contributed by atoms with van der Waals surface area (Å²) in [7, 11) is -2.14. The Labute approximate surface area is 202 Å². The van der Waals surface area contributed by atoms with Gasteiger partial charge in [-0.25, -0.2) is 4.79 Å². The maximum Gasteiger partial charge on any atom is 0.350 e. The highest BCUT2D eigenvalue weighted by Crippen LogP contribution is 2.47. The number of amides is 1. The molecule has 0 radical (unpaired) electrons. The van der Waals surface area contributed by atoms with E-state index >= 15 is 0 Å². The summed E-state index contributed by atoms with van der Waals surface area (Å²) in [6.45, 7) is 6.42. The van der Waals surface area contributed by atoms with E-state index in [0.29, 0.717) is 54.0 Å². The Morgan fingerprint density at radius 1 is 1.12 bits per heavy atom. The van der Waals surface area contributed by atoms with Crippen molar-refractivity contribution >= 4 is 39.0 Å². The van der Waals surface area contributed by atoms with Crippen molar-refractivity contribution < 1.29 is 26.9 Å². The molecule has 0 atom stereocenters. The van der Waals surface area contributed by atoms with Gasteiger partial charge in [0.15, 0.2) is 0 Å². The topological polar surface area (TPSA) is 90.0 Å². The minimum atomic E-state index is -3.51. The highest BCUT2D eigenvalue weighted by Gasteiger charge is 2.36. The van der Waals surface area contributed by atoms with Gasteiger partial charge in [0.1, 0.15) is 4.88 Å². The smallest absolute Gasteiger partial charge is 0.350 e. The molecule has 9 heteroatoms. The van der Waals surface area contributed by atoms with Crippen molar-refractivity contribution in [2.75, 3.05) is 18.3 Å². The zero-order valence-electron chi connectivity index (χ0n) is 20.4. The second-order valence-corrected chi connectivity index (χ2v) is 12.8. The van der Waals surface area contributed by atoms with E-state index < -0.39 is 16.1 Å². The molecule has 0 spiro atoms. The summed E-state index contributed by atoms with van der Waals surface area (Å²) in [5, 5.41) is 0. The Bertz CT molecular complexity index is 950. The van der Waals surface area contributed by atoms with E-state index in [9.17, 15) is 18.0 Å². The molecule has 0 aromatic carbocycles. The highest BCUT2D eigenvalue weighted by atomic mass is 32.2. The predicted molar refractivity (Wildman–Crippen MR) is 130 cm³/mol. The van der Waals surface area contributed by atoms with Gasteiger partial charge in [-0.3, -0.25) is 8.98 Å². The zero-order chi connectivity index (χ0) is 24.4. The molecule has 0 N–H and O–H groups in total. The van der Waals surface area contributed by atoms with Gasteiger partial charge < -0.3 is 9.64 Å². The Morgan fingerprint density at radius 3 is 2.24 bits per heavy atom. The van der Waals surface area contributed by atoms with Crippen molar-refractivity contribution in [2.45, 2.75) is 96.6 Å². The lowest BCUT2D eigenvalue weighted by atomic mass is 9.73. The van der Waals surface area contributed by atoms with E-state index in [2.05, 4.69) is 13.8 Å². The number of hydrogen-bond acceptors (Lipinski definition) is 7. The average Bonchev–Trinajstić information content (AvgIpc) is 3.18. The maximum atomic E-state index is 13.1. The standard InChI is InChI=1S/C24H37NO6S2/c1-6-21(26)25(17-7-9-18(10-8-17)31-33(5,28)29)19-15-20(32-22(19)23(27)30-4)16-11-13-24(2,3)14-12-16/h15-18H,6-14H2,1-5H3. The monoisotopic (exact) mass is 499 g/mol. The summed E-state index contributed by atoms with van der Waals surface area (Å²) >= 11 is 1.46. The van der Waals surface area contributed by atoms with Crippen molar-refractivity contribution in [1.82, 2.24) is 0 Å². The van der Waals surface area contributed by atoms with Crippen LogP contribution in [0.25, 0.3) is 0 Å². The number of carbonyl (C=O) groups excluding carboxylic acids is 2. The van der Waals surface area contributed by atoms with E-state index in [4.69, 9.17) is 8.92 Å². The van der Waals surface area contributed by atoms with E-state index in [1.165, 1.54) is 18.4 Å². The molecule has 0 bridgehead atoms. The fourth-order valence-electron chi connectivity index (χ4n) is 5.05. The quantitative estimate of drug-likeness (QED) is 0.376. The van der Waals surface area contributed by atoms with Crippen LogP contribution in [0.3, 0.4) is 0 Å². The lowest BCUT2D eigenvalue weighted by Crippen LogP contribution is -2.44. The summed E-state index contributed by atoms with van der Waals surface area (Å²) < 4.78 is 33.3. The molecule has 0 unspecified atom stereocenters. The molecule has 1 aromatic rings. The number of esters is 1. The van der Waals surface area contributed by atoms with E-state index in [-0.39, 0.29) is 18.1 Å². The van der Waals surface area contributed by atoms with E-state index in [1.807, 2.05) is 13.0 Å². The number of methoxy groups -OCH3 is 1. The molecule has 3 rings (SSSR count). The molecule has 2 aliphatic carbocycles. The van der Waals surface area contributed by atoms with Crippen LogP contribution in [0.4, 0.5) is 5.69 Å². The first-order chi connectivity index (χ1) is 15.4. The van der Waals surface area contributed by atoms with Crippen LogP contribution in [0, 0.1) is 5.41 Å². The fourth-order valence-corrected chi connectivity index (χ4v) is 6.98. The van der Waals surface area contributed by atoms with Crippen molar-refractivity contribution in [1.29, 1.82) is 0 Å². The summed E-state index contributed by atoms with van der Waals surface area (Å²) in [6.07, 6.45) is 7.79. The Hall–Kier alpha value is -1.45. The Kier molecular flexibility index (Phi) is 8.28. The van der Waals surface area contributed by atoms with Crippen molar-refractivity contribution in [3.63, 3.8) is 0 Å². The zero-order valence-corrected chi connectivity index (χ0v) is 22.0. The van der Waals surface area contributed by atoms with Crippen molar-refractivity contribution in [3.8, 4) is 0 Å². The molecular formula is C24H37NO6S2. The van der Waals surface area contributed by atoms with Crippen LogP contribution >= 0.6 is 11.3 Å².